The molecule has 0 aliphatic rings. The van der Waals surface area contributed by atoms with Crippen LogP contribution in [0.5, 0.6) is 0 Å². The molecule has 0 radical (unpaired) electrons. The van der Waals surface area contributed by atoms with Crippen LogP contribution in [0.4, 0.5) is 0 Å². The predicted molar refractivity (Wildman–Crippen MR) is 54.9 cm³/mol. The molecule has 1 heterocycles. The zero-order chi connectivity index (χ0) is 8.97. The van der Waals surface area contributed by atoms with Gasteiger partial charge in [-0.15, -0.1) is 0 Å². The third-order valence-corrected chi connectivity index (χ3v) is 2.03. The Morgan fingerprint density at radius 3 is 3.00 bits per heavy atom. The molecule has 0 aliphatic carbocycles. The lowest BCUT2D eigenvalue weighted by Gasteiger charge is -1.97. The second-order valence-electron chi connectivity index (χ2n) is 2.64. The Morgan fingerprint density at radius 2 is 2.50 bits per heavy atom. The Balaban J connectivity index is 2.46. The summed E-state index contributed by atoms with van der Waals surface area (Å²) in [5.41, 5.74) is 0. The smallest absolute Gasteiger partial charge is 0.154 e. The maximum absolute atomic E-state index is 11.2. The van der Waals surface area contributed by atoms with Gasteiger partial charge in [-0.05, 0) is 29.0 Å². The number of Topliss-reactive ketones (excluding diaryl/α,β-unsaturated/α-hetero) is 1. The van der Waals surface area contributed by atoms with E-state index in [0.717, 1.165) is 9.99 Å². The fraction of sp³-hybridized carbons (Fsp3) is 0.500. The highest BCUT2D eigenvalue weighted by Crippen LogP contribution is 2.01. The average Bonchev–Trinajstić information content (AvgIpc) is 2.36. The molecule has 0 amide bonds. The Kier molecular flexibility index (Phi) is 3.71. The van der Waals surface area contributed by atoms with E-state index in [-0.39, 0.29) is 5.78 Å². The zero-order valence-electron chi connectivity index (χ0n) is 6.96. The van der Waals surface area contributed by atoms with Gasteiger partial charge in [0.05, 0.1) is 16.3 Å². The highest BCUT2D eigenvalue weighted by atomic mass is 127. The standard InChI is InChI=1S/C8H11IN2O/c1-2-3-8(12)6-11-5-7(9)4-10-11/h4-5H,2-3,6H2,1H3. The minimum Gasteiger partial charge on any atom is -0.298 e. The number of carbonyl (C=O) groups is 1. The van der Waals surface area contributed by atoms with E-state index in [9.17, 15) is 4.79 Å². The monoisotopic (exact) mass is 278 g/mol. The first-order valence-electron chi connectivity index (χ1n) is 3.92. The molecule has 1 aromatic heterocycles. The van der Waals surface area contributed by atoms with E-state index in [1.54, 1.807) is 10.9 Å². The predicted octanol–water partition coefficient (Wildman–Crippen LogP) is 1.86. The molecule has 3 nitrogen and oxygen atoms in total. The second-order valence-corrected chi connectivity index (χ2v) is 3.89. The van der Waals surface area contributed by atoms with Crippen LogP contribution in [0.25, 0.3) is 0 Å². The summed E-state index contributed by atoms with van der Waals surface area (Å²) < 4.78 is 2.75. The number of carbonyl (C=O) groups excluding carboxylic acids is 1. The molecule has 1 aromatic rings. The van der Waals surface area contributed by atoms with Crippen LogP contribution >= 0.6 is 22.6 Å². The number of nitrogens with zero attached hydrogens (tertiary/aromatic N) is 2. The number of hydrogen-bond acceptors (Lipinski definition) is 2. The maximum Gasteiger partial charge on any atom is 0.154 e. The van der Waals surface area contributed by atoms with Crippen LogP contribution in [0.2, 0.25) is 0 Å². The first kappa shape index (κ1) is 9.70. The van der Waals surface area contributed by atoms with Gasteiger partial charge < -0.3 is 0 Å². The van der Waals surface area contributed by atoms with Crippen LogP contribution in [0.1, 0.15) is 19.8 Å². The summed E-state index contributed by atoms with van der Waals surface area (Å²) in [5, 5.41) is 4.03. The van der Waals surface area contributed by atoms with Gasteiger partial charge in [0.1, 0.15) is 0 Å². The Bertz CT molecular complexity index is 270. The molecular formula is C8H11IN2O. The van der Waals surface area contributed by atoms with Crippen LogP contribution in [0.15, 0.2) is 12.4 Å². The molecule has 0 aliphatic heterocycles. The highest BCUT2D eigenvalue weighted by Gasteiger charge is 2.02. The van der Waals surface area contributed by atoms with E-state index in [1.807, 2.05) is 13.1 Å². The van der Waals surface area contributed by atoms with E-state index in [4.69, 9.17) is 0 Å². The molecular weight excluding hydrogens is 267 g/mol. The molecule has 0 fully saturated rings. The molecule has 66 valence electrons. The summed E-state index contributed by atoms with van der Waals surface area (Å²) in [7, 11) is 0. The first-order chi connectivity index (χ1) is 5.72. The fourth-order valence-electron chi connectivity index (χ4n) is 0.963. The number of halogens is 1. The number of ketones is 1. The van der Waals surface area contributed by atoms with Crippen molar-refractivity contribution in [1.29, 1.82) is 0 Å². The van der Waals surface area contributed by atoms with Gasteiger partial charge in [-0.25, -0.2) is 0 Å². The van der Waals surface area contributed by atoms with Crippen molar-refractivity contribution >= 4 is 28.4 Å². The van der Waals surface area contributed by atoms with Crippen LogP contribution in [-0.2, 0) is 11.3 Å². The molecule has 0 saturated heterocycles. The quantitative estimate of drug-likeness (QED) is 0.788. The van der Waals surface area contributed by atoms with Gasteiger partial charge in [0.2, 0.25) is 0 Å². The van der Waals surface area contributed by atoms with E-state index >= 15 is 0 Å². The molecule has 0 saturated carbocycles. The van der Waals surface area contributed by atoms with E-state index in [0.29, 0.717) is 13.0 Å². The summed E-state index contributed by atoms with van der Waals surface area (Å²) in [5.74, 6) is 0.247. The zero-order valence-corrected chi connectivity index (χ0v) is 9.11. The van der Waals surface area contributed by atoms with Gasteiger partial charge in [-0.2, -0.15) is 5.10 Å². The van der Waals surface area contributed by atoms with E-state index in [2.05, 4.69) is 27.7 Å². The number of aromatic nitrogens is 2. The summed E-state index contributed by atoms with van der Waals surface area (Å²) in [6.45, 7) is 2.42. The highest BCUT2D eigenvalue weighted by molar-refractivity contribution is 14.1. The van der Waals surface area contributed by atoms with Crippen molar-refractivity contribution in [3.63, 3.8) is 0 Å². The minimum atomic E-state index is 0.247. The van der Waals surface area contributed by atoms with Crippen LogP contribution in [0, 0.1) is 3.57 Å². The summed E-state index contributed by atoms with van der Waals surface area (Å²) in [6.07, 6.45) is 5.18. The summed E-state index contributed by atoms with van der Waals surface area (Å²) >= 11 is 2.17. The third-order valence-electron chi connectivity index (χ3n) is 1.47. The first-order valence-corrected chi connectivity index (χ1v) is 5.00. The SMILES string of the molecule is CCCC(=O)Cn1cc(I)cn1. The molecule has 0 N–H and O–H groups in total. The topological polar surface area (TPSA) is 34.9 Å². The maximum atomic E-state index is 11.2. The third kappa shape index (κ3) is 2.92. The van der Waals surface area contributed by atoms with Gasteiger partial charge in [0.15, 0.2) is 5.78 Å². The van der Waals surface area contributed by atoms with Gasteiger partial charge >= 0.3 is 0 Å². The number of hydrogen-bond donors (Lipinski definition) is 0. The molecule has 12 heavy (non-hydrogen) atoms. The lowest BCUT2D eigenvalue weighted by atomic mass is 10.2. The van der Waals surface area contributed by atoms with Crippen LogP contribution < -0.4 is 0 Å². The second kappa shape index (κ2) is 4.59. The van der Waals surface area contributed by atoms with Crippen molar-refractivity contribution in [1.82, 2.24) is 9.78 Å². The normalized spacial score (nSPS) is 10.2. The number of rotatable bonds is 4. The van der Waals surface area contributed by atoms with Gasteiger partial charge in [-0.1, -0.05) is 6.92 Å². The molecule has 0 unspecified atom stereocenters. The fourth-order valence-corrected chi connectivity index (χ4v) is 1.41. The van der Waals surface area contributed by atoms with Gasteiger partial charge in [0, 0.05) is 12.6 Å². The van der Waals surface area contributed by atoms with Crippen molar-refractivity contribution in [3.05, 3.63) is 16.0 Å². The van der Waals surface area contributed by atoms with Crippen LogP contribution in [-0.4, -0.2) is 15.6 Å². The van der Waals surface area contributed by atoms with Crippen molar-refractivity contribution in [3.8, 4) is 0 Å². The Labute approximate surface area is 85.3 Å². The average molecular weight is 278 g/mol. The van der Waals surface area contributed by atoms with Gasteiger partial charge in [-0.3, -0.25) is 9.48 Å². The van der Waals surface area contributed by atoms with Crippen molar-refractivity contribution in [2.75, 3.05) is 0 Å². The van der Waals surface area contributed by atoms with Crippen LogP contribution in [0.3, 0.4) is 0 Å². The van der Waals surface area contributed by atoms with Gasteiger partial charge in [0.25, 0.3) is 0 Å². The molecule has 1 rings (SSSR count). The minimum absolute atomic E-state index is 0.247. The van der Waals surface area contributed by atoms with E-state index in [1.165, 1.54) is 0 Å². The lowest BCUT2D eigenvalue weighted by Crippen LogP contribution is -2.09. The molecule has 0 aromatic carbocycles. The molecule has 0 atom stereocenters. The Hall–Kier alpha value is -0.390. The van der Waals surface area contributed by atoms with Crippen molar-refractivity contribution in [2.24, 2.45) is 0 Å². The van der Waals surface area contributed by atoms with E-state index < -0.39 is 0 Å². The summed E-state index contributed by atoms with van der Waals surface area (Å²) in [6, 6.07) is 0. The Morgan fingerprint density at radius 1 is 1.75 bits per heavy atom. The van der Waals surface area contributed by atoms with Crippen molar-refractivity contribution in [2.45, 2.75) is 26.3 Å². The molecule has 4 heteroatoms. The van der Waals surface area contributed by atoms with Crippen molar-refractivity contribution < 1.29 is 4.79 Å². The molecule has 0 bridgehead atoms. The largest absolute Gasteiger partial charge is 0.298 e. The summed E-state index contributed by atoms with van der Waals surface area (Å²) in [4.78, 5) is 11.2. The molecule has 0 spiro atoms. The lowest BCUT2D eigenvalue weighted by molar-refractivity contribution is -0.119.